The molecular formula is C21H26ClN5O4S. The number of amides is 1. The van der Waals surface area contributed by atoms with Gasteiger partial charge in [0.25, 0.3) is 0 Å². The molecule has 1 fully saturated rings. The van der Waals surface area contributed by atoms with Gasteiger partial charge in [0.1, 0.15) is 11.0 Å². The van der Waals surface area contributed by atoms with Gasteiger partial charge in [-0.2, -0.15) is 0 Å². The maximum Gasteiger partial charge on any atom is 0.231 e. The van der Waals surface area contributed by atoms with Crippen LogP contribution in [0.4, 0.5) is 5.82 Å². The molecule has 0 aliphatic carbocycles. The number of ether oxygens (including phenoxy) is 3. The smallest absolute Gasteiger partial charge is 0.231 e. The molecule has 1 saturated heterocycles. The molecule has 1 N–H and O–H groups in total. The number of halogens is 1. The number of nitrogens with one attached hydrogen (secondary N) is 1. The quantitative estimate of drug-likeness (QED) is 0.251. The van der Waals surface area contributed by atoms with E-state index in [1.807, 2.05) is 12.1 Å². The second kappa shape index (κ2) is 11.0. The third kappa shape index (κ3) is 6.16. The molecule has 1 aromatic heterocycles. The number of hydrogen-bond donors (Lipinski definition) is 1. The number of hydrogen-bond acceptors (Lipinski definition) is 9. The summed E-state index contributed by atoms with van der Waals surface area (Å²) in [6.07, 6.45) is 0. The molecule has 2 aromatic rings. The molecule has 0 saturated carbocycles. The van der Waals surface area contributed by atoms with E-state index >= 15 is 0 Å². The first-order chi connectivity index (χ1) is 15.6. The van der Waals surface area contributed by atoms with Crippen LogP contribution in [0, 0.1) is 0 Å². The molecule has 0 radical (unpaired) electrons. The Morgan fingerprint density at radius 1 is 1.19 bits per heavy atom. The molecule has 0 unspecified atom stereocenters. The topological polar surface area (TPSA) is 89.1 Å². The summed E-state index contributed by atoms with van der Waals surface area (Å²) in [7, 11) is 1.60. The summed E-state index contributed by atoms with van der Waals surface area (Å²) >= 11 is 7.50. The fourth-order valence-corrected chi connectivity index (χ4v) is 4.43. The molecule has 0 spiro atoms. The molecule has 32 heavy (non-hydrogen) atoms. The number of fused-ring (bicyclic) bond motifs is 1. The first-order valence-electron chi connectivity index (χ1n) is 10.4. The Morgan fingerprint density at radius 3 is 2.81 bits per heavy atom. The number of benzene rings is 1. The van der Waals surface area contributed by atoms with Crippen molar-refractivity contribution in [3.63, 3.8) is 0 Å². The van der Waals surface area contributed by atoms with E-state index in [4.69, 9.17) is 25.8 Å². The zero-order valence-corrected chi connectivity index (χ0v) is 19.5. The number of carbonyl (C=O) groups is 1. The van der Waals surface area contributed by atoms with Crippen LogP contribution >= 0.6 is 23.4 Å². The normalized spacial score (nSPS) is 15.8. The van der Waals surface area contributed by atoms with Crippen LogP contribution in [0.25, 0.3) is 0 Å². The molecule has 2 aliphatic heterocycles. The van der Waals surface area contributed by atoms with Crippen LogP contribution in [-0.2, 0) is 16.1 Å². The summed E-state index contributed by atoms with van der Waals surface area (Å²) in [6, 6.07) is 7.87. The maximum atomic E-state index is 11.9. The van der Waals surface area contributed by atoms with Crippen LogP contribution in [0.3, 0.4) is 0 Å². The van der Waals surface area contributed by atoms with Crippen molar-refractivity contribution < 1.29 is 19.0 Å². The van der Waals surface area contributed by atoms with Crippen LogP contribution in [0.15, 0.2) is 29.4 Å². The summed E-state index contributed by atoms with van der Waals surface area (Å²) in [5, 5.41) is 3.65. The Morgan fingerprint density at radius 2 is 2.00 bits per heavy atom. The Labute approximate surface area is 196 Å². The van der Waals surface area contributed by atoms with Crippen molar-refractivity contribution in [2.75, 3.05) is 63.9 Å². The van der Waals surface area contributed by atoms with Gasteiger partial charge in [-0.3, -0.25) is 9.69 Å². The highest BCUT2D eigenvalue weighted by Gasteiger charge is 2.21. The maximum absolute atomic E-state index is 11.9. The van der Waals surface area contributed by atoms with Gasteiger partial charge in [-0.1, -0.05) is 29.4 Å². The number of piperazine rings is 1. The number of methoxy groups -OCH3 is 1. The lowest BCUT2D eigenvalue weighted by atomic mass is 10.1. The highest BCUT2D eigenvalue weighted by Crippen LogP contribution is 2.33. The predicted octanol–water partition coefficient (Wildman–Crippen LogP) is 2.04. The number of anilines is 1. The van der Waals surface area contributed by atoms with E-state index in [-0.39, 0.29) is 18.5 Å². The van der Waals surface area contributed by atoms with Crippen LogP contribution in [-0.4, -0.2) is 79.8 Å². The Balaban J connectivity index is 1.28. The van der Waals surface area contributed by atoms with E-state index < -0.39 is 0 Å². The molecule has 9 nitrogen and oxygen atoms in total. The van der Waals surface area contributed by atoms with Gasteiger partial charge in [-0.25, -0.2) is 9.97 Å². The highest BCUT2D eigenvalue weighted by atomic mass is 35.5. The molecule has 4 rings (SSSR count). The van der Waals surface area contributed by atoms with Crippen molar-refractivity contribution in [1.82, 2.24) is 20.2 Å². The minimum atomic E-state index is -0.0886. The van der Waals surface area contributed by atoms with Gasteiger partial charge in [-0.05, 0) is 17.7 Å². The molecule has 3 heterocycles. The Hall–Kier alpha value is -2.27. The van der Waals surface area contributed by atoms with Crippen molar-refractivity contribution in [3.05, 3.63) is 35.0 Å². The van der Waals surface area contributed by atoms with Gasteiger partial charge in [0.15, 0.2) is 16.7 Å². The molecule has 11 heteroatoms. The number of carbonyl (C=O) groups excluding carboxylic acids is 1. The molecule has 0 atom stereocenters. The van der Waals surface area contributed by atoms with E-state index in [2.05, 4.69) is 31.2 Å². The van der Waals surface area contributed by atoms with Crippen molar-refractivity contribution in [2.45, 2.75) is 11.7 Å². The van der Waals surface area contributed by atoms with E-state index in [9.17, 15) is 4.79 Å². The van der Waals surface area contributed by atoms with Gasteiger partial charge in [0.2, 0.25) is 12.7 Å². The van der Waals surface area contributed by atoms with Crippen LogP contribution in [0.5, 0.6) is 11.5 Å². The lowest BCUT2D eigenvalue weighted by Crippen LogP contribution is -2.46. The zero-order valence-electron chi connectivity index (χ0n) is 17.9. The van der Waals surface area contributed by atoms with E-state index in [0.717, 1.165) is 50.0 Å². The molecule has 0 bridgehead atoms. The fraction of sp³-hybridized carbons (Fsp3) is 0.476. The first-order valence-corrected chi connectivity index (χ1v) is 11.8. The van der Waals surface area contributed by atoms with Crippen LogP contribution in [0.1, 0.15) is 5.56 Å². The third-order valence-electron chi connectivity index (χ3n) is 5.16. The van der Waals surface area contributed by atoms with E-state index in [0.29, 0.717) is 23.5 Å². The second-order valence-electron chi connectivity index (χ2n) is 7.41. The highest BCUT2D eigenvalue weighted by molar-refractivity contribution is 7.99. The van der Waals surface area contributed by atoms with Crippen molar-refractivity contribution in [1.29, 1.82) is 0 Å². The molecular weight excluding hydrogens is 454 g/mol. The number of nitrogens with zero attached hydrogens (tertiary/aromatic N) is 4. The van der Waals surface area contributed by atoms with Gasteiger partial charge in [0.05, 0.1) is 12.4 Å². The second-order valence-corrected chi connectivity index (χ2v) is 8.74. The Kier molecular flexibility index (Phi) is 7.90. The van der Waals surface area contributed by atoms with Crippen LogP contribution < -0.4 is 19.7 Å². The van der Waals surface area contributed by atoms with Crippen LogP contribution in [0.2, 0.25) is 5.15 Å². The summed E-state index contributed by atoms with van der Waals surface area (Å²) in [6.45, 7) is 5.58. The summed E-state index contributed by atoms with van der Waals surface area (Å²) in [5.41, 5.74) is 1.20. The predicted molar refractivity (Wildman–Crippen MR) is 123 cm³/mol. The Bertz CT molecular complexity index is 942. The van der Waals surface area contributed by atoms with E-state index in [1.54, 1.807) is 13.2 Å². The molecule has 1 amide bonds. The first kappa shape index (κ1) is 22.9. The molecule has 1 aromatic carbocycles. The van der Waals surface area contributed by atoms with Crippen molar-refractivity contribution >= 4 is 35.1 Å². The monoisotopic (exact) mass is 479 g/mol. The lowest BCUT2D eigenvalue weighted by molar-refractivity contribution is -0.118. The largest absolute Gasteiger partial charge is 0.454 e. The van der Waals surface area contributed by atoms with Gasteiger partial charge < -0.3 is 24.4 Å². The van der Waals surface area contributed by atoms with Gasteiger partial charge in [-0.15, -0.1) is 0 Å². The van der Waals surface area contributed by atoms with Crippen molar-refractivity contribution in [3.8, 4) is 11.5 Å². The molecule has 2 aliphatic rings. The zero-order chi connectivity index (χ0) is 22.3. The standard InChI is InChI=1S/C21H26ClN5O4S/c1-29-9-4-23-20(28)13-32-21-24-18(22)11-19(25-21)27-7-5-26(6-8-27)12-15-2-3-16-17(10-15)31-14-30-16/h2-3,10-11H,4-9,12-14H2,1H3,(H,23,28). The average molecular weight is 480 g/mol. The fourth-order valence-electron chi connectivity index (χ4n) is 3.52. The average Bonchev–Trinajstić information content (AvgIpc) is 3.26. The number of rotatable bonds is 9. The van der Waals surface area contributed by atoms with Gasteiger partial charge in [0, 0.05) is 52.4 Å². The third-order valence-corrected chi connectivity index (χ3v) is 6.20. The lowest BCUT2D eigenvalue weighted by Gasteiger charge is -2.35. The minimum absolute atomic E-state index is 0.0886. The minimum Gasteiger partial charge on any atom is -0.454 e. The number of aromatic nitrogens is 2. The number of thioether (sulfide) groups is 1. The molecule has 172 valence electrons. The summed E-state index contributed by atoms with van der Waals surface area (Å²) < 4.78 is 15.8. The van der Waals surface area contributed by atoms with Gasteiger partial charge >= 0.3 is 0 Å². The van der Waals surface area contributed by atoms with E-state index in [1.165, 1.54) is 17.3 Å². The SMILES string of the molecule is COCCNC(=O)CSc1nc(Cl)cc(N2CCN(Cc3ccc4c(c3)OCO4)CC2)n1. The summed E-state index contributed by atoms with van der Waals surface area (Å²) in [5.74, 6) is 2.55. The summed E-state index contributed by atoms with van der Waals surface area (Å²) in [4.78, 5) is 25.4. The van der Waals surface area contributed by atoms with Crippen molar-refractivity contribution in [2.24, 2.45) is 0 Å².